The van der Waals surface area contributed by atoms with Crippen molar-refractivity contribution in [2.24, 2.45) is 0 Å². The lowest BCUT2D eigenvalue weighted by Gasteiger charge is -2.36. The van der Waals surface area contributed by atoms with Gasteiger partial charge < -0.3 is 14.8 Å². The summed E-state index contributed by atoms with van der Waals surface area (Å²) in [5.41, 5.74) is 0. The Kier molecular flexibility index (Phi) is 4.65. The van der Waals surface area contributed by atoms with Gasteiger partial charge in [-0.15, -0.1) is 0 Å². The summed E-state index contributed by atoms with van der Waals surface area (Å²) in [7, 11) is 0. The van der Waals surface area contributed by atoms with Gasteiger partial charge in [0.1, 0.15) is 0 Å². The third-order valence-corrected chi connectivity index (χ3v) is 5.04. The topological polar surface area (TPSA) is 33.7 Å². The Morgan fingerprint density at radius 3 is 2.30 bits per heavy atom. The van der Waals surface area contributed by atoms with Crippen LogP contribution in [0.25, 0.3) is 0 Å². The van der Waals surface area contributed by atoms with E-state index in [1.54, 1.807) is 0 Å². The fraction of sp³-hybridized carbons (Fsp3) is 1.00. The summed E-state index contributed by atoms with van der Waals surface area (Å²) in [6, 6.07) is 2.20. The second-order valence-electron chi connectivity index (χ2n) is 6.90. The molecule has 0 aromatic rings. The van der Waals surface area contributed by atoms with E-state index in [-0.39, 0.29) is 5.79 Å². The Balaban J connectivity index is 1.35. The van der Waals surface area contributed by atoms with Gasteiger partial charge in [-0.3, -0.25) is 4.90 Å². The third kappa shape index (κ3) is 3.53. The van der Waals surface area contributed by atoms with Crippen LogP contribution in [0.5, 0.6) is 0 Å². The van der Waals surface area contributed by atoms with Gasteiger partial charge in [-0.2, -0.15) is 0 Å². The van der Waals surface area contributed by atoms with Crippen molar-refractivity contribution in [2.45, 2.75) is 76.3 Å². The lowest BCUT2D eigenvalue weighted by molar-refractivity contribution is -0.179. The van der Waals surface area contributed by atoms with Crippen LogP contribution in [-0.2, 0) is 9.47 Å². The van der Waals surface area contributed by atoms with Crippen LogP contribution in [0.4, 0.5) is 0 Å². The molecule has 0 radical (unpaired) electrons. The van der Waals surface area contributed by atoms with Gasteiger partial charge in [0, 0.05) is 44.1 Å². The van der Waals surface area contributed by atoms with Gasteiger partial charge in [0.15, 0.2) is 5.79 Å². The van der Waals surface area contributed by atoms with Crippen LogP contribution >= 0.6 is 0 Å². The average Bonchev–Trinajstić information content (AvgIpc) is 3.17. The van der Waals surface area contributed by atoms with Gasteiger partial charge in [-0.1, -0.05) is 0 Å². The monoisotopic (exact) mass is 282 g/mol. The molecule has 4 heteroatoms. The van der Waals surface area contributed by atoms with Crippen LogP contribution in [0.15, 0.2) is 0 Å². The molecule has 1 saturated heterocycles. The third-order valence-electron chi connectivity index (χ3n) is 5.04. The molecule has 116 valence electrons. The molecule has 4 nitrogen and oxygen atoms in total. The Bertz CT molecular complexity index is 300. The number of hydrogen-bond donors (Lipinski definition) is 1. The molecule has 3 aliphatic rings. The van der Waals surface area contributed by atoms with Crippen LogP contribution in [-0.4, -0.2) is 55.1 Å². The second kappa shape index (κ2) is 6.30. The average molecular weight is 282 g/mol. The quantitative estimate of drug-likeness (QED) is 0.809. The molecule has 1 aliphatic heterocycles. The fourth-order valence-corrected chi connectivity index (χ4v) is 3.71. The van der Waals surface area contributed by atoms with E-state index in [4.69, 9.17) is 9.47 Å². The molecule has 2 saturated carbocycles. The molecular weight excluding hydrogens is 252 g/mol. The van der Waals surface area contributed by atoms with Crippen molar-refractivity contribution in [2.75, 3.05) is 26.3 Å². The number of nitrogens with one attached hydrogen (secondary N) is 1. The summed E-state index contributed by atoms with van der Waals surface area (Å²) in [5, 5.41) is 3.74. The number of nitrogens with zero attached hydrogens (tertiary/aromatic N) is 1. The molecular formula is C16H30N2O2. The molecule has 1 heterocycles. The fourth-order valence-electron chi connectivity index (χ4n) is 3.71. The van der Waals surface area contributed by atoms with E-state index in [1.807, 2.05) is 0 Å². The summed E-state index contributed by atoms with van der Waals surface area (Å²) in [6.07, 6.45) is 7.29. The van der Waals surface area contributed by atoms with E-state index in [0.717, 1.165) is 38.6 Å². The van der Waals surface area contributed by atoms with Crippen LogP contribution < -0.4 is 5.32 Å². The smallest absolute Gasteiger partial charge is 0.168 e. The van der Waals surface area contributed by atoms with E-state index in [2.05, 4.69) is 24.1 Å². The number of rotatable bonds is 6. The Hall–Kier alpha value is -0.160. The van der Waals surface area contributed by atoms with E-state index in [9.17, 15) is 0 Å². The maximum Gasteiger partial charge on any atom is 0.168 e. The lowest BCUT2D eigenvalue weighted by Crippen LogP contribution is -2.45. The minimum atomic E-state index is -0.212. The molecule has 0 unspecified atom stereocenters. The predicted octanol–water partition coefficient (Wildman–Crippen LogP) is 2.13. The molecule has 0 bridgehead atoms. The van der Waals surface area contributed by atoms with Crippen molar-refractivity contribution in [3.63, 3.8) is 0 Å². The van der Waals surface area contributed by atoms with Gasteiger partial charge in [0.2, 0.25) is 0 Å². The van der Waals surface area contributed by atoms with Crippen LogP contribution in [0.3, 0.4) is 0 Å². The van der Waals surface area contributed by atoms with Crippen molar-refractivity contribution in [3.8, 4) is 0 Å². The molecule has 0 aromatic heterocycles. The highest BCUT2D eigenvalue weighted by atomic mass is 16.7. The van der Waals surface area contributed by atoms with E-state index in [0.29, 0.717) is 12.1 Å². The highest BCUT2D eigenvalue weighted by Gasteiger charge is 2.40. The van der Waals surface area contributed by atoms with E-state index in [1.165, 1.54) is 32.2 Å². The van der Waals surface area contributed by atoms with Crippen molar-refractivity contribution in [1.82, 2.24) is 10.2 Å². The minimum absolute atomic E-state index is 0.212. The van der Waals surface area contributed by atoms with Gasteiger partial charge in [-0.05, 0) is 39.5 Å². The second-order valence-corrected chi connectivity index (χ2v) is 6.90. The molecule has 3 rings (SSSR count). The summed E-state index contributed by atoms with van der Waals surface area (Å²) in [5.74, 6) is -0.212. The molecule has 0 amide bonds. The van der Waals surface area contributed by atoms with Crippen molar-refractivity contribution < 1.29 is 9.47 Å². The largest absolute Gasteiger partial charge is 0.348 e. The molecule has 2 aliphatic carbocycles. The molecule has 0 atom stereocenters. The maximum absolute atomic E-state index is 5.79. The zero-order valence-electron chi connectivity index (χ0n) is 13.1. The first-order valence-corrected chi connectivity index (χ1v) is 8.46. The zero-order chi connectivity index (χ0) is 14.0. The van der Waals surface area contributed by atoms with Gasteiger partial charge in [0.25, 0.3) is 0 Å². The number of ether oxygens (including phenoxy) is 2. The first-order valence-electron chi connectivity index (χ1n) is 8.46. The summed E-state index contributed by atoms with van der Waals surface area (Å²) in [4.78, 5) is 2.65. The lowest BCUT2D eigenvalue weighted by atomic mass is 9.90. The van der Waals surface area contributed by atoms with E-state index < -0.39 is 0 Å². The molecule has 1 N–H and O–H groups in total. The van der Waals surface area contributed by atoms with Crippen LogP contribution in [0, 0.1) is 0 Å². The van der Waals surface area contributed by atoms with Crippen LogP contribution in [0.2, 0.25) is 0 Å². The molecule has 3 fully saturated rings. The summed E-state index contributed by atoms with van der Waals surface area (Å²) >= 11 is 0. The van der Waals surface area contributed by atoms with Gasteiger partial charge >= 0.3 is 0 Å². The highest BCUT2D eigenvalue weighted by Crippen LogP contribution is 2.35. The number of hydrogen-bond acceptors (Lipinski definition) is 4. The standard InChI is InChI=1S/C16H30N2O2/c1-13(2)18(15-3-4-15)10-9-17-14-5-7-16(8-6-14)19-11-12-20-16/h13-15,17H,3-12H2,1-2H3. The molecule has 0 aromatic carbocycles. The molecule has 20 heavy (non-hydrogen) atoms. The Labute approximate surface area is 123 Å². The zero-order valence-corrected chi connectivity index (χ0v) is 13.1. The van der Waals surface area contributed by atoms with Crippen molar-refractivity contribution >= 4 is 0 Å². The van der Waals surface area contributed by atoms with Crippen molar-refractivity contribution in [1.29, 1.82) is 0 Å². The minimum Gasteiger partial charge on any atom is -0.348 e. The SMILES string of the molecule is CC(C)N(CCNC1CCC2(CC1)OCCO2)C1CC1. The highest BCUT2D eigenvalue weighted by molar-refractivity contribution is 4.88. The predicted molar refractivity (Wildman–Crippen MR) is 79.8 cm³/mol. The Morgan fingerprint density at radius 2 is 1.75 bits per heavy atom. The normalized spacial score (nSPS) is 27.0. The maximum atomic E-state index is 5.79. The van der Waals surface area contributed by atoms with Crippen molar-refractivity contribution in [3.05, 3.63) is 0 Å². The summed E-state index contributed by atoms with van der Waals surface area (Å²) < 4.78 is 11.6. The van der Waals surface area contributed by atoms with E-state index >= 15 is 0 Å². The van der Waals surface area contributed by atoms with Crippen LogP contribution in [0.1, 0.15) is 52.4 Å². The molecule has 1 spiro atoms. The van der Waals surface area contributed by atoms with Gasteiger partial charge in [0.05, 0.1) is 13.2 Å². The van der Waals surface area contributed by atoms with Gasteiger partial charge in [-0.25, -0.2) is 0 Å². The summed E-state index contributed by atoms with van der Waals surface area (Å²) in [6.45, 7) is 8.51. The first kappa shape index (κ1) is 14.8. The Morgan fingerprint density at radius 1 is 1.10 bits per heavy atom. The first-order chi connectivity index (χ1) is 9.69.